The zero-order valence-corrected chi connectivity index (χ0v) is 15.5. The van der Waals surface area contributed by atoms with Gasteiger partial charge in [0.05, 0.1) is 54.1 Å². The first-order valence-electron chi connectivity index (χ1n) is 8.96. The second-order valence-electron chi connectivity index (χ2n) is 7.00. The molecule has 0 saturated carbocycles. The van der Waals surface area contributed by atoms with Gasteiger partial charge < -0.3 is 9.80 Å². The van der Waals surface area contributed by atoms with Crippen molar-refractivity contribution >= 4 is 23.2 Å². The third-order valence-electron chi connectivity index (χ3n) is 5.25. The van der Waals surface area contributed by atoms with E-state index in [1.165, 1.54) is 12.1 Å². The summed E-state index contributed by atoms with van der Waals surface area (Å²) in [5.41, 5.74) is 2.71. The summed E-state index contributed by atoms with van der Waals surface area (Å²) < 4.78 is 15.2. The lowest BCUT2D eigenvalue weighted by Gasteiger charge is -2.30. The number of nitriles is 1. The first kappa shape index (κ1) is 17.8. The molecule has 2 aliphatic heterocycles. The molecule has 0 N–H and O–H groups in total. The van der Waals surface area contributed by atoms with Gasteiger partial charge in [0.1, 0.15) is 5.82 Å². The fourth-order valence-electron chi connectivity index (χ4n) is 3.73. The number of amides is 1. The molecule has 0 radical (unpaired) electrons. The van der Waals surface area contributed by atoms with E-state index >= 15 is 0 Å². The molecule has 8 heteroatoms. The van der Waals surface area contributed by atoms with Crippen LogP contribution in [-0.4, -0.2) is 40.2 Å². The summed E-state index contributed by atoms with van der Waals surface area (Å²) in [6.07, 6.45) is 2.88. The second kappa shape index (κ2) is 7.20. The molecule has 1 atom stereocenters. The summed E-state index contributed by atoms with van der Waals surface area (Å²) >= 11 is 5.81. The van der Waals surface area contributed by atoms with Gasteiger partial charge in [0, 0.05) is 19.6 Å². The molecule has 1 unspecified atom stereocenters. The normalized spacial score (nSPS) is 19.1. The molecule has 0 bridgehead atoms. The van der Waals surface area contributed by atoms with Gasteiger partial charge >= 0.3 is 0 Å². The van der Waals surface area contributed by atoms with Gasteiger partial charge in [-0.05, 0) is 24.1 Å². The highest BCUT2D eigenvalue weighted by molar-refractivity contribution is 6.30. The summed E-state index contributed by atoms with van der Waals surface area (Å²) in [6.45, 7) is 3.25. The van der Waals surface area contributed by atoms with Crippen LogP contribution in [0.15, 0.2) is 24.4 Å². The number of rotatable bonds is 3. The molecule has 2 aromatic rings. The molecular formula is C19H19ClFN5O. The number of hydrogen-bond donors (Lipinski definition) is 0. The Morgan fingerprint density at radius 3 is 2.96 bits per heavy atom. The van der Waals surface area contributed by atoms with Crippen molar-refractivity contribution in [3.05, 3.63) is 46.5 Å². The first-order valence-corrected chi connectivity index (χ1v) is 9.34. The monoisotopic (exact) mass is 387 g/mol. The molecule has 1 aromatic heterocycles. The van der Waals surface area contributed by atoms with Crippen molar-refractivity contribution in [1.82, 2.24) is 14.7 Å². The number of anilines is 1. The first-order chi connectivity index (χ1) is 13.0. The van der Waals surface area contributed by atoms with E-state index in [1.54, 1.807) is 11.0 Å². The fourth-order valence-corrected chi connectivity index (χ4v) is 3.93. The molecule has 0 aliphatic carbocycles. The molecule has 3 heterocycles. The number of carbonyl (C=O) groups is 1. The molecule has 2 aliphatic rings. The largest absolute Gasteiger partial charge is 0.367 e. The Morgan fingerprint density at radius 1 is 1.37 bits per heavy atom. The highest BCUT2D eigenvalue weighted by Crippen LogP contribution is 2.29. The Balaban J connectivity index is 1.47. The van der Waals surface area contributed by atoms with Crippen LogP contribution in [0, 0.1) is 23.1 Å². The minimum Gasteiger partial charge on any atom is -0.367 e. The van der Waals surface area contributed by atoms with E-state index in [-0.39, 0.29) is 23.3 Å². The van der Waals surface area contributed by atoms with Crippen LogP contribution < -0.4 is 4.90 Å². The van der Waals surface area contributed by atoms with Crippen LogP contribution in [0.4, 0.5) is 10.1 Å². The summed E-state index contributed by atoms with van der Waals surface area (Å²) in [6, 6.07) is 6.70. The smallest absolute Gasteiger partial charge is 0.227 e. The fraction of sp³-hybridized carbons (Fsp3) is 0.421. The predicted molar refractivity (Wildman–Crippen MR) is 98.7 cm³/mol. The number of benzene rings is 1. The van der Waals surface area contributed by atoms with Crippen molar-refractivity contribution in [2.75, 3.05) is 24.5 Å². The van der Waals surface area contributed by atoms with Crippen LogP contribution in [0.3, 0.4) is 0 Å². The van der Waals surface area contributed by atoms with Crippen LogP contribution in [0.5, 0.6) is 0 Å². The Morgan fingerprint density at radius 2 is 2.22 bits per heavy atom. The molecule has 1 aromatic carbocycles. The van der Waals surface area contributed by atoms with Crippen molar-refractivity contribution in [2.45, 2.75) is 25.9 Å². The van der Waals surface area contributed by atoms with E-state index in [0.29, 0.717) is 31.7 Å². The SMILES string of the molecule is N#CC1CCN(c2cnn3c2CN(C(=O)Cc2ccc(F)c(Cl)c2)CC3)C1. The summed E-state index contributed by atoms with van der Waals surface area (Å²) in [5, 5.41) is 13.6. The molecule has 6 nitrogen and oxygen atoms in total. The molecule has 1 fully saturated rings. The zero-order chi connectivity index (χ0) is 19.0. The molecule has 0 spiro atoms. The minimum atomic E-state index is -0.485. The number of halogens is 2. The third kappa shape index (κ3) is 3.50. The van der Waals surface area contributed by atoms with E-state index < -0.39 is 5.82 Å². The molecule has 140 valence electrons. The summed E-state index contributed by atoms with van der Waals surface area (Å²) in [4.78, 5) is 16.7. The number of carbonyl (C=O) groups excluding carboxylic acids is 1. The van der Waals surface area contributed by atoms with Crippen LogP contribution in [0.25, 0.3) is 0 Å². The average molecular weight is 388 g/mol. The van der Waals surface area contributed by atoms with Crippen molar-refractivity contribution in [3.8, 4) is 6.07 Å². The lowest BCUT2D eigenvalue weighted by molar-refractivity contribution is -0.131. The zero-order valence-electron chi connectivity index (χ0n) is 14.7. The Bertz CT molecular complexity index is 921. The van der Waals surface area contributed by atoms with Crippen molar-refractivity contribution in [1.29, 1.82) is 5.26 Å². The van der Waals surface area contributed by atoms with E-state index in [1.807, 2.05) is 10.9 Å². The van der Waals surface area contributed by atoms with Crippen LogP contribution in [-0.2, 0) is 24.3 Å². The molecule has 1 amide bonds. The van der Waals surface area contributed by atoms with Gasteiger partial charge in [0.15, 0.2) is 0 Å². The summed E-state index contributed by atoms with van der Waals surface area (Å²) in [5.74, 6) is -0.460. The maximum Gasteiger partial charge on any atom is 0.227 e. The van der Waals surface area contributed by atoms with E-state index in [2.05, 4.69) is 16.1 Å². The van der Waals surface area contributed by atoms with Gasteiger partial charge in [-0.1, -0.05) is 17.7 Å². The molecule has 4 rings (SSSR count). The highest BCUT2D eigenvalue weighted by atomic mass is 35.5. The Hall–Kier alpha value is -2.59. The minimum absolute atomic E-state index is 0.0209. The van der Waals surface area contributed by atoms with Crippen molar-refractivity contribution in [3.63, 3.8) is 0 Å². The van der Waals surface area contributed by atoms with Gasteiger partial charge in [-0.3, -0.25) is 9.48 Å². The van der Waals surface area contributed by atoms with Crippen LogP contribution in [0.1, 0.15) is 17.7 Å². The maximum absolute atomic E-state index is 13.3. The van der Waals surface area contributed by atoms with Gasteiger partial charge in [-0.25, -0.2) is 4.39 Å². The van der Waals surface area contributed by atoms with Crippen molar-refractivity contribution < 1.29 is 9.18 Å². The quantitative estimate of drug-likeness (QED) is 0.812. The molecule has 27 heavy (non-hydrogen) atoms. The Kier molecular flexibility index (Phi) is 4.75. The van der Waals surface area contributed by atoms with E-state index in [0.717, 1.165) is 24.3 Å². The third-order valence-corrected chi connectivity index (χ3v) is 5.54. The number of fused-ring (bicyclic) bond motifs is 1. The molecule has 1 saturated heterocycles. The van der Waals surface area contributed by atoms with E-state index in [9.17, 15) is 9.18 Å². The number of aromatic nitrogens is 2. The van der Waals surface area contributed by atoms with Crippen LogP contribution >= 0.6 is 11.6 Å². The Labute approximate surface area is 161 Å². The average Bonchev–Trinajstić information content (AvgIpc) is 3.30. The number of nitrogens with zero attached hydrogens (tertiary/aromatic N) is 5. The lowest BCUT2D eigenvalue weighted by atomic mass is 10.1. The van der Waals surface area contributed by atoms with Crippen molar-refractivity contribution in [2.24, 2.45) is 5.92 Å². The predicted octanol–water partition coefficient (Wildman–Crippen LogP) is 2.61. The van der Waals surface area contributed by atoms with Crippen LogP contribution in [0.2, 0.25) is 5.02 Å². The maximum atomic E-state index is 13.3. The van der Waals surface area contributed by atoms with E-state index in [4.69, 9.17) is 16.9 Å². The van der Waals surface area contributed by atoms with Gasteiger partial charge in [-0.15, -0.1) is 0 Å². The lowest BCUT2D eigenvalue weighted by Crippen LogP contribution is -2.40. The topological polar surface area (TPSA) is 65.2 Å². The van der Waals surface area contributed by atoms with Gasteiger partial charge in [0.2, 0.25) is 5.91 Å². The summed E-state index contributed by atoms with van der Waals surface area (Å²) in [7, 11) is 0. The van der Waals surface area contributed by atoms with Gasteiger partial charge in [0.25, 0.3) is 0 Å². The van der Waals surface area contributed by atoms with Gasteiger partial charge in [-0.2, -0.15) is 10.4 Å². The number of hydrogen-bond acceptors (Lipinski definition) is 4. The second-order valence-corrected chi connectivity index (χ2v) is 7.41. The molecular weight excluding hydrogens is 369 g/mol. The standard InChI is InChI=1S/C19H19ClFN5O/c20-15-7-13(1-2-16(15)21)8-19(27)25-5-6-26-18(12-25)17(10-23-26)24-4-3-14(9-22)11-24/h1-2,7,10,14H,3-6,8,11-12H2. The highest BCUT2D eigenvalue weighted by Gasteiger charge is 2.29.